The van der Waals surface area contributed by atoms with Crippen LogP contribution in [0.2, 0.25) is 5.02 Å². The van der Waals surface area contributed by atoms with Crippen LogP contribution in [0, 0.1) is 13.8 Å². The molecule has 5 rings (SSSR count). The lowest BCUT2D eigenvalue weighted by Crippen LogP contribution is -2.49. The van der Waals surface area contributed by atoms with Gasteiger partial charge in [0.15, 0.2) is 5.13 Å². The Bertz CT molecular complexity index is 2080. The number of para-hydroxylation sites is 1. The number of piperazine rings is 1. The van der Waals surface area contributed by atoms with Crippen molar-refractivity contribution in [1.29, 1.82) is 0 Å². The number of benzene rings is 2. The standard InChI is InChI=1S/C38H43ClN10O6S/c1-23-7-5-9-28(39)36(23)46-37(55)30-19-41-38(56-30)45-31-17-32(43-24(2)42-31)48-13-15-49(16-14-48)35(54)18-34(53)44-29-10-6-8-25(21-50)27(29)20-47(4)26(22-51)11-12-33(52)40-3/h5-10,17,19,21-22,26H,11-16,18,20H2,1-4H3,(H,40,52)(H,44,53)(H,46,55)(H,41,42,43,45). The number of nitrogens with one attached hydrogen (secondary N) is 4. The highest BCUT2D eigenvalue weighted by atomic mass is 35.5. The lowest BCUT2D eigenvalue weighted by atomic mass is 10.0. The molecule has 4 aromatic rings. The first-order chi connectivity index (χ1) is 26.9. The Balaban J connectivity index is 1.15. The molecule has 4 N–H and O–H groups in total. The van der Waals surface area contributed by atoms with Crippen molar-refractivity contribution in [2.75, 3.05) is 61.1 Å². The lowest BCUT2D eigenvalue weighted by Gasteiger charge is -2.35. The molecule has 3 heterocycles. The number of nitrogens with zero attached hydrogens (tertiary/aromatic N) is 6. The van der Waals surface area contributed by atoms with Gasteiger partial charge >= 0.3 is 0 Å². The molecule has 2 aromatic carbocycles. The SMILES string of the molecule is CNC(=O)CCC(C=O)N(C)Cc1c(C=O)cccc1NC(=O)CC(=O)N1CCN(c2cc(Nc3ncc(C(=O)Nc4c(C)cccc4Cl)s3)nc(C)n2)CC1. The first kappa shape index (κ1) is 41.4. The monoisotopic (exact) mass is 802 g/mol. The van der Waals surface area contributed by atoms with Crippen molar-refractivity contribution in [2.24, 2.45) is 0 Å². The molecule has 0 spiro atoms. The van der Waals surface area contributed by atoms with Gasteiger partial charge in [-0.3, -0.25) is 28.9 Å². The normalized spacial score (nSPS) is 13.2. The second-order valence-electron chi connectivity index (χ2n) is 13.1. The van der Waals surface area contributed by atoms with Gasteiger partial charge in [0, 0.05) is 69.1 Å². The van der Waals surface area contributed by atoms with Gasteiger partial charge in [0.2, 0.25) is 17.7 Å². The van der Waals surface area contributed by atoms with Crippen molar-refractivity contribution >= 4 is 87.3 Å². The number of aryl methyl sites for hydroxylation is 2. The maximum atomic E-state index is 13.2. The van der Waals surface area contributed by atoms with Crippen LogP contribution in [0.25, 0.3) is 0 Å². The van der Waals surface area contributed by atoms with E-state index in [1.165, 1.54) is 13.2 Å². The highest BCUT2D eigenvalue weighted by Crippen LogP contribution is 2.29. The second kappa shape index (κ2) is 19.2. The van der Waals surface area contributed by atoms with E-state index in [9.17, 15) is 28.8 Å². The van der Waals surface area contributed by atoms with E-state index in [1.54, 1.807) is 54.1 Å². The van der Waals surface area contributed by atoms with Crippen LogP contribution in [0.1, 0.15) is 56.2 Å². The molecule has 1 aliphatic rings. The molecule has 56 heavy (non-hydrogen) atoms. The summed E-state index contributed by atoms with van der Waals surface area (Å²) in [6, 6.07) is 11.4. The Kier molecular flexibility index (Phi) is 14.2. The summed E-state index contributed by atoms with van der Waals surface area (Å²) in [6.45, 7) is 5.40. The number of thiazole rings is 1. The third-order valence-corrected chi connectivity index (χ3v) is 10.4. The summed E-state index contributed by atoms with van der Waals surface area (Å²) in [5, 5.41) is 12.2. The average molecular weight is 803 g/mol. The third-order valence-electron chi connectivity index (χ3n) is 9.21. The lowest BCUT2D eigenvalue weighted by molar-refractivity contribution is -0.135. The van der Waals surface area contributed by atoms with Crippen molar-refractivity contribution in [3.05, 3.63) is 81.1 Å². The summed E-state index contributed by atoms with van der Waals surface area (Å²) in [5.74, 6) is 0.223. The number of hydrogen-bond donors (Lipinski definition) is 4. The average Bonchev–Trinajstić information content (AvgIpc) is 3.65. The van der Waals surface area contributed by atoms with E-state index in [2.05, 4.69) is 36.2 Å². The Labute approximate surface area is 333 Å². The number of rotatable bonds is 16. The summed E-state index contributed by atoms with van der Waals surface area (Å²) in [7, 11) is 3.22. The van der Waals surface area contributed by atoms with Crippen LogP contribution in [0.4, 0.5) is 28.1 Å². The van der Waals surface area contributed by atoms with Crippen molar-refractivity contribution in [3.63, 3.8) is 0 Å². The minimum atomic E-state index is -0.596. The predicted molar refractivity (Wildman–Crippen MR) is 215 cm³/mol. The zero-order chi connectivity index (χ0) is 40.4. The molecule has 0 aliphatic carbocycles. The highest BCUT2D eigenvalue weighted by molar-refractivity contribution is 7.17. The molecule has 2 aromatic heterocycles. The summed E-state index contributed by atoms with van der Waals surface area (Å²) in [5.41, 5.74) is 2.55. The fraction of sp³-hybridized carbons (Fsp3) is 0.342. The summed E-state index contributed by atoms with van der Waals surface area (Å²) >= 11 is 7.43. The molecule has 18 heteroatoms. The molecule has 1 fully saturated rings. The maximum Gasteiger partial charge on any atom is 0.267 e. The van der Waals surface area contributed by atoms with Gasteiger partial charge in [0.1, 0.15) is 41.3 Å². The van der Waals surface area contributed by atoms with Crippen molar-refractivity contribution < 1.29 is 28.8 Å². The number of anilines is 5. The molecule has 1 atom stereocenters. The molecule has 1 unspecified atom stereocenters. The molecule has 4 amide bonds. The minimum Gasteiger partial charge on any atom is -0.359 e. The summed E-state index contributed by atoms with van der Waals surface area (Å²) in [6.07, 6.45) is 2.92. The maximum absolute atomic E-state index is 13.2. The Morgan fingerprint density at radius 3 is 2.45 bits per heavy atom. The quantitative estimate of drug-likeness (QED) is 0.0931. The molecular weight excluding hydrogens is 760 g/mol. The van der Waals surface area contributed by atoms with Gasteiger partial charge in [0.25, 0.3) is 5.91 Å². The molecule has 294 valence electrons. The van der Waals surface area contributed by atoms with Gasteiger partial charge < -0.3 is 35.9 Å². The first-order valence-corrected chi connectivity index (χ1v) is 19.0. The minimum absolute atomic E-state index is 0.142. The first-order valence-electron chi connectivity index (χ1n) is 17.8. The highest BCUT2D eigenvalue weighted by Gasteiger charge is 2.26. The van der Waals surface area contributed by atoms with Crippen LogP contribution in [-0.2, 0) is 25.7 Å². The van der Waals surface area contributed by atoms with E-state index in [0.717, 1.165) is 23.2 Å². The largest absolute Gasteiger partial charge is 0.359 e. The summed E-state index contributed by atoms with van der Waals surface area (Å²) in [4.78, 5) is 93.9. The number of carbonyl (C=O) groups excluding carboxylic acids is 6. The number of amides is 4. The van der Waals surface area contributed by atoms with E-state index in [4.69, 9.17) is 11.6 Å². The van der Waals surface area contributed by atoms with Gasteiger partial charge in [-0.2, -0.15) is 0 Å². The van der Waals surface area contributed by atoms with E-state index < -0.39 is 18.4 Å². The van der Waals surface area contributed by atoms with E-state index in [0.29, 0.717) is 87.5 Å². The number of likely N-dealkylation sites (N-methyl/N-ethyl adjacent to an activating group) is 1. The van der Waals surface area contributed by atoms with Gasteiger partial charge in [-0.1, -0.05) is 47.2 Å². The van der Waals surface area contributed by atoms with Gasteiger partial charge in [-0.25, -0.2) is 15.0 Å². The van der Waals surface area contributed by atoms with Crippen LogP contribution in [0.5, 0.6) is 0 Å². The van der Waals surface area contributed by atoms with Gasteiger partial charge in [-0.05, 0) is 45.0 Å². The fourth-order valence-electron chi connectivity index (χ4n) is 6.09. The van der Waals surface area contributed by atoms with Crippen LogP contribution < -0.4 is 26.2 Å². The Morgan fingerprint density at radius 2 is 1.75 bits per heavy atom. The van der Waals surface area contributed by atoms with Gasteiger partial charge in [0.05, 0.1) is 22.9 Å². The smallest absolute Gasteiger partial charge is 0.267 e. The van der Waals surface area contributed by atoms with Crippen LogP contribution in [0.3, 0.4) is 0 Å². The van der Waals surface area contributed by atoms with Crippen LogP contribution >= 0.6 is 22.9 Å². The van der Waals surface area contributed by atoms with Crippen LogP contribution in [-0.4, -0.2) is 107 Å². The van der Waals surface area contributed by atoms with Crippen molar-refractivity contribution in [1.82, 2.24) is 30.1 Å². The predicted octanol–water partition coefficient (Wildman–Crippen LogP) is 4.21. The van der Waals surface area contributed by atoms with Crippen LogP contribution in [0.15, 0.2) is 48.7 Å². The second-order valence-corrected chi connectivity index (χ2v) is 14.6. The molecule has 1 saturated heterocycles. The molecule has 0 saturated carbocycles. The zero-order valence-corrected chi connectivity index (χ0v) is 33.0. The van der Waals surface area contributed by atoms with E-state index in [1.807, 2.05) is 24.0 Å². The van der Waals surface area contributed by atoms with Gasteiger partial charge in [-0.15, -0.1) is 0 Å². The number of aldehydes is 2. The fourth-order valence-corrected chi connectivity index (χ4v) is 7.08. The Hall–Kier alpha value is -5.78. The number of aromatic nitrogens is 3. The number of halogens is 1. The topological polar surface area (TPSA) is 199 Å². The molecule has 0 bridgehead atoms. The number of carbonyl (C=O) groups is 6. The molecular formula is C38H43ClN10O6S. The molecule has 0 radical (unpaired) electrons. The third kappa shape index (κ3) is 10.7. The van der Waals surface area contributed by atoms with E-state index >= 15 is 0 Å². The Morgan fingerprint density at radius 1 is 1.00 bits per heavy atom. The molecule has 16 nitrogen and oxygen atoms in total. The number of hydrogen-bond acceptors (Lipinski definition) is 13. The van der Waals surface area contributed by atoms with Crippen molar-refractivity contribution in [2.45, 2.75) is 45.7 Å². The molecule has 1 aliphatic heterocycles. The van der Waals surface area contributed by atoms with E-state index in [-0.39, 0.29) is 37.1 Å². The van der Waals surface area contributed by atoms with Crippen molar-refractivity contribution in [3.8, 4) is 0 Å². The summed E-state index contributed by atoms with van der Waals surface area (Å²) < 4.78 is 0. The zero-order valence-electron chi connectivity index (χ0n) is 31.4.